The second-order valence-electron chi connectivity index (χ2n) is 8.17. The molecule has 0 saturated carbocycles. The lowest BCUT2D eigenvalue weighted by Gasteiger charge is -2.23. The van der Waals surface area contributed by atoms with E-state index in [2.05, 4.69) is 41.7 Å². The molecule has 162 valence electrons. The van der Waals surface area contributed by atoms with E-state index < -0.39 is 0 Å². The lowest BCUT2D eigenvalue weighted by Crippen LogP contribution is -2.37. The number of nitrogens with zero attached hydrogens (tertiary/aromatic N) is 6. The Balaban J connectivity index is 1.64. The Morgan fingerprint density at radius 1 is 1.03 bits per heavy atom. The van der Waals surface area contributed by atoms with Gasteiger partial charge in [0.15, 0.2) is 0 Å². The molecule has 0 amide bonds. The van der Waals surface area contributed by atoms with E-state index in [0.29, 0.717) is 11.1 Å². The van der Waals surface area contributed by atoms with E-state index in [0.717, 1.165) is 70.4 Å². The van der Waals surface area contributed by atoms with Crippen LogP contribution >= 0.6 is 0 Å². The summed E-state index contributed by atoms with van der Waals surface area (Å²) in [4.78, 5) is 13.8. The highest BCUT2D eigenvalue weighted by atomic mass is 15.6. The first-order chi connectivity index (χ1) is 15.7. The molecule has 0 bridgehead atoms. The topological polar surface area (TPSA) is 82.0 Å². The number of allylic oxidation sites excluding steroid dienone is 1. The molecule has 0 spiro atoms. The summed E-state index contributed by atoms with van der Waals surface area (Å²) in [6, 6.07) is 8.36. The summed E-state index contributed by atoms with van der Waals surface area (Å²) in [7, 11) is 0. The highest BCUT2D eigenvalue weighted by molar-refractivity contribution is 6.13. The van der Waals surface area contributed by atoms with E-state index in [1.54, 1.807) is 6.20 Å². The van der Waals surface area contributed by atoms with Gasteiger partial charge in [-0.05, 0) is 44.7 Å². The van der Waals surface area contributed by atoms with Crippen molar-refractivity contribution in [3.05, 3.63) is 60.8 Å². The number of fused-ring (bicyclic) bond motifs is 3. The van der Waals surface area contributed by atoms with Crippen molar-refractivity contribution in [1.82, 2.24) is 19.5 Å². The highest BCUT2D eigenvalue weighted by Crippen LogP contribution is 2.33. The Morgan fingerprint density at radius 2 is 1.94 bits per heavy atom. The Hall–Kier alpha value is -3.42. The largest absolute Gasteiger partial charge is 0.330 e. The summed E-state index contributed by atoms with van der Waals surface area (Å²) < 4.78 is 2.82. The summed E-state index contributed by atoms with van der Waals surface area (Å²) in [6.07, 6.45) is 12.7. The minimum Gasteiger partial charge on any atom is -0.330 e. The third-order valence-electron chi connectivity index (χ3n) is 6.30. The van der Waals surface area contributed by atoms with E-state index in [-0.39, 0.29) is 0 Å². The average Bonchev–Trinajstić information content (AvgIpc) is 3.42. The lowest BCUT2D eigenvalue weighted by molar-refractivity contribution is -0.881. The van der Waals surface area contributed by atoms with Crippen molar-refractivity contribution < 1.29 is 4.59 Å². The van der Waals surface area contributed by atoms with Gasteiger partial charge in [-0.1, -0.05) is 5.10 Å². The fourth-order valence-electron chi connectivity index (χ4n) is 4.48. The number of aromatic nitrogens is 4. The van der Waals surface area contributed by atoms with Crippen molar-refractivity contribution in [2.45, 2.75) is 26.8 Å². The molecule has 2 N–H and O–H groups in total. The molecule has 1 aliphatic heterocycles. The Bertz CT molecular complexity index is 1340. The van der Waals surface area contributed by atoms with Crippen molar-refractivity contribution in [1.29, 1.82) is 0 Å². The van der Waals surface area contributed by atoms with E-state index >= 15 is 0 Å². The normalized spacial score (nSPS) is 18.0. The van der Waals surface area contributed by atoms with Crippen LogP contribution in [0.2, 0.25) is 0 Å². The van der Waals surface area contributed by atoms with E-state index in [1.807, 2.05) is 36.9 Å². The zero-order valence-electron chi connectivity index (χ0n) is 18.6. The molecule has 1 atom stereocenters. The summed E-state index contributed by atoms with van der Waals surface area (Å²) >= 11 is 0. The molecule has 4 aromatic rings. The Morgan fingerprint density at radius 3 is 2.69 bits per heavy atom. The van der Waals surface area contributed by atoms with Gasteiger partial charge in [0.05, 0.1) is 29.2 Å². The number of aryl methyl sites for hydroxylation is 1. The van der Waals surface area contributed by atoms with Gasteiger partial charge in [-0.3, -0.25) is 9.97 Å². The molecule has 4 aromatic heterocycles. The van der Waals surface area contributed by atoms with Crippen molar-refractivity contribution in [2.75, 3.05) is 19.6 Å². The predicted octanol–water partition coefficient (Wildman–Crippen LogP) is 4.19. The van der Waals surface area contributed by atoms with Gasteiger partial charge >= 0.3 is 0 Å². The summed E-state index contributed by atoms with van der Waals surface area (Å²) in [5.41, 5.74) is 11.9. The van der Waals surface area contributed by atoms with Crippen molar-refractivity contribution >= 4 is 33.7 Å². The maximum Gasteiger partial charge on any atom is 0.141 e. The average molecular weight is 427 g/mol. The summed E-state index contributed by atoms with van der Waals surface area (Å²) in [6.45, 7) is 7.63. The molecule has 0 radical (unpaired) electrons. The van der Waals surface area contributed by atoms with Crippen LogP contribution in [0.4, 0.5) is 0 Å². The first-order valence-electron chi connectivity index (χ1n) is 11.2. The zero-order chi connectivity index (χ0) is 22.1. The predicted molar refractivity (Wildman–Crippen MR) is 130 cm³/mol. The lowest BCUT2D eigenvalue weighted by atomic mass is 10.1. The second kappa shape index (κ2) is 8.26. The fraction of sp³-hybridized carbons (Fsp3) is 0.280. The Labute approximate surface area is 187 Å². The first-order valence-corrected chi connectivity index (χ1v) is 11.2. The van der Waals surface area contributed by atoms with Gasteiger partial charge in [-0.2, -0.15) is 4.59 Å². The monoisotopic (exact) mass is 426 g/mol. The van der Waals surface area contributed by atoms with Crippen LogP contribution in [-0.4, -0.2) is 50.0 Å². The minimum atomic E-state index is 0.594. The number of pyridine rings is 3. The van der Waals surface area contributed by atoms with Crippen molar-refractivity contribution in [2.24, 2.45) is 10.8 Å². The van der Waals surface area contributed by atoms with Crippen LogP contribution in [0.15, 0.2) is 60.4 Å². The van der Waals surface area contributed by atoms with Gasteiger partial charge in [-0.15, -0.1) is 0 Å². The zero-order valence-corrected chi connectivity index (χ0v) is 18.6. The van der Waals surface area contributed by atoms with Gasteiger partial charge in [0.25, 0.3) is 0 Å². The van der Waals surface area contributed by atoms with Gasteiger partial charge in [0.2, 0.25) is 0 Å². The first kappa shape index (κ1) is 20.5. The van der Waals surface area contributed by atoms with Gasteiger partial charge in [0, 0.05) is 53.5 Å². The molecule has 5 rings (SSSR count). The third-order valence-corrected chi connectivity index (χ3v) is 6.30. The van der Waals surface area contributed by atoms with Crippen LogP contribution in [0.3, 0.4) is 0 Å². The van der Waals surface area contributed by atoms with Gasteiger partial charge in [0.1, 0.15) is 24.9 Å². The molecule has 5 heterocycles. The molecule has 7 nitrogen and oxygen atoms in total. The van der Waals surface area contributed by atoms with Gasteiger partial charge in [-0.25, -0.2) is 4.98 Å². The molecule has 0 fully saturated rings. The van der Waals surface area contributed by atoms with Crippen LogP contribution in [0.25, 0.3) is 38.8 Å². The third kappa shape index (κ3) is 3.39. The molecule has 32 heavy (non-hydrogen) atoms. The van der Waals surface area contributed by atoms with Crippen molar-refractivity contribution in [3.63, 3.8) is 0 Å². The van der Waals surface area contributed by atoms with Crippen LogP contribution in [0, 0.1) is 0 Å². The van der Waals surface area contributed by atoms with Crippen molar-refractivity contribution in [3.8, 4) is 11.3 Å². The van der Waals surface area contributed by atoms with Gasteiger partial charge < -0.3 is 10.3 Å². The fourth-order valence-corrected chi connectivity index (χ4v) is 4.48. The molecule has 7 heteroatoms. The molecular weight excluding hydrogens is 398 g/mol. The number of hydrogen-bond donors (Lipinski definition) is 1. The van der Waals surface area contributed by atoms with E-state index in [9.17, 15) is 0 Å². The maximum atomic E-state index is 5.75. The molecule has 0 aliphatic carbocycles. The molecule has 0 saturated heterocycles. The second-order valence-corrected chi connectivity index (χ2v) is 8.17. The molecule has 1 aliphatic rings. The number of hydrogen-bond acceptors (Lipinski definition) is 5. The maximum absolute atomic E-state index is 5.75. The van der Waals surface area contributed by atoms with Crippen LogP contribution in [-0.2, 0) is 6.54 Å². The Kier molecular flexibility index (Phi) is 5.28. The molecule has 0 aromatic carbocycles. The standard InChI is InChI=1S/C25H28N7/c1-3-31-24-16-28-23(18-7-5-9-27-13-18)12-21(24)22-11-19(14-29-25(22)31)20-15-30-32(4-2,17-20)10-6-8-26/h5,7,9,11-17H,3-4,6,8,10,26H2,1-2H3/q+1. The minimum absolute atomic E-state index is 0.594. The quantitative estimate of drug-likeness (QED) is 0.449. The smallest absolute Gasteiger partial charge is 0.141 e. The summed E-state index contributed by atoms with van der Waals surface area (Å²) in [5.74, 6) is 0. The number of nitrogens with two attached hydrogens (primary N) is 1. The number of rotatable bonds is 7. The number of quaternary nitrogens is 1. The molecule has 1 unspecified atom stereocenters. The van der Waals surface area contributed by atoms with E-state index in [4.69, 9.17) is 20.8 Å². The van der Waals surface area contributed by atoms with Crippen LogP contribution in [0.5, 0.6) is 0 Å². The highest BCUT2D eigenvalue weighted by Gasteiger charge is 2.28. The van der Waals surface area contributed by atoms with Crippen LogP contribution < -0.4 is 5.73 Å². The van der Waals surface area contributed by atoms with Crippen LogP contribution in [0.1, 0.15) is 25.8 Å². The molecular formula is C25H28N7+. The van der Waals surface area contributed by atoms with E-state index in [1.165, 1.54) is 0 Å². The summed E-state index contributed by atoms with van der Waals surface area (Å²) in [5, 5.41) is 7.10. The SMILES string of the molecule is CCn1c2cnc(-c3cccnc3)cc2c2cc(C3=C[N+](CC)(CCCN)N=C3)cnc21.